The number of hydrogen-bond donors (Lipinski definition) is 0. The number of carbonyl (C=O) groups is 2. The minimum atomic E-state index is 0.198. The number of amides is 2. The van der Waals surface area contributed by atoms with E-state index in [1.54, 1.807) is 4.90 Å². The van der Waals surface area contributed by atoms with Crippen molar-refractivity contribution >= 4 is 11.8 Å². The minimum Gasteiger partial charge on any atom is -0.349 e. The van der Waals surface area contributed by atoms with Crippen LogP contribution in [-0.4, -0.2) is 48.8 Å². The predicted octanol–water partition coefficient (Wildman–Crippen LogP) is 4.58. The van der Waals surface area contributed by atoms with Crippen LogP contribution in [0.4, 0.5) is 0 Å². The Hall–Kier alpha value is -1.06. The van der Waals surface area contributed by atoms with Gasteiger partial charge in [-0.25, -0.2) is 0 Å². The summed E-state index contributed by atoms with van der Waals surface area (Å²) in [5, 5.41) is 0. The molecular weight excluding hydrogens is 360 g/mol. The second kappa shape index (κ2) is 8.98. The van der Waals surface area contributed by atoms with Crippen LogP contribution in [0.3, 0.4) is 0 Å². The van der Waals surface area contributed by atoms with Crippen LogP contribution in [-0.2, 0) is 9.59 Å². The standard InChI is InChI=1S/C25H42N2O2/c1-4-27(16-17-8-10-20(11-9-17)24(28)26(2)3)25(29)22-15-14-19-13-12-18-6-5-7-21(22)23(18)19/h17-23H,4-16H2,1-3H3. The van der Waals surface area contributed by atoms with Gasteiger partial charge >= 0.3 is 0 Å². The molecule has 4 aliphatic rings. The van der Waals surface area contributed by atoms with Crippen LogP contribution >= 0.6 is 0 Å². The lowest BCUT2D eigenvalue weighted by molar-refractivity contribution is -0.143. The second-order valence-corrected chi connectivity index (χ2v) is 10.8. The quantitative estimate of drug-likeness (QED) is 0.675. The molecule has 4 nitrogen and oxygen atoms in total. The van der Waals surface area contributed by atoms with Crippen molar-refractivity contribution in [2.45, 2.75) is 77.6 Å². The Morgan fingerprint density at radius 2 is 1.45 bits per heavy atom. The molecule has 4 heteroatoms. The van der Waals surface area contributed by atoms with Crippen molar-refractivity contribution in [3.8, 4) is 0 Å². The van der Waals surface area contributed by atoms with Crippen molar-refractivity contribution in [2.24, 2.45) is 41.4 Å². The first kappa shape index (κ1) is 21.2. The molecular formula is C25H42N2O2. The third-order valence-electron chi connectivity index (χ3n) is 9.09. The Labute approximate surface area is 177 Å². The number of hydrogen-bond acceptors (Lipinski definition) is 2. The van der Waals surface area contributed by atoms with Gasteiger partial charge in [0, 0.05) is 39.0 Å². The molecule has 5 atom stereocenters. The summed E-state index contributed by atoms with van der Waals surface area (Å²) in [6, 6.07) is 0. The summed E-state index contributed by atoms with van der Waals surface area (Å²) in [5.41, 5.74) is 0. The van der Waals surface area contributed by atoms with E-state index >= 15 is 0 Å². The van der Waals surface area contributed by atoms with E-state index in [1.165, 1.54) is 38.5 Å². The third-order valence-corrected chi connectivity index (χ3v) is 9.09. The molecule has 0 bridgehead atoms. The van der Waals surface area contributed by atoms with Crippen molar-refractivity contribution < 1.29 is 9.59 Å². The molecule has 0 spiro atoms. The minimum absolute atomic E-state index is 0.198. The zero-order valence-corrected chi connectivity index (χ0v) is 18.9. The molecule has 5 unspecified atom stereocenters. The maximum absolute atomic E-state index is 13.6. The summed E-state index contributed by atoms with van der Waals surface area (Å²) in [4.78, 5) is 29.8. The predicted molar refractivity (Wildman–Crippen MR) is 116 cm³/mol. The van der Waals surface area contributed by atoms with E-state index in [9.17, 15) is 9.59 Å². The normalized spacial score (nSPS) is 38.9. The van der Waals surface area contributed by atoms with Crippen LogP contribution in [0.15, 0.2) is 0 Å². The van der Waals surface area contributed by atoms with Gasteiger partial charge in [-0.1, -0.05) is 12.8 Å². The molecule has 0 N–H and O–H groups in total. The van der Waals surface area contributed by atoms with Gasteiger partial charge in [0.05, 0.1) is 0 Å². The van der Waals surface area contributed by atoms with Crippen LogP contribution in [0.25, 0.3) is 0 Å². The van der Waals surface area contributed by atoms with Gasteiger partial charge in [0.15, 0.2) is 0 Å². The van der Waals surface area contributed by atoms with Crippen molar-refractivity contribution in [3.63, 3.8) is 0 Å². The molecule has 164 valence electrons. The van der Waals surface area contributed by atoms with Crippen LogP contribution in [0.1, 0.15) is 77.6 Å². The lowest BCUT2D eigenvalue weighted by atomic mass is 9.60. The molecule has 0 aromatic rings. The number of rotatable bonds is 5. The van der Waals surface area contributed by atoms with Gasteiger partial charge in [-0.05, 0) is 94.3 Å². The first-order valence-corrected chi connectivity index (χ1v) is 12.5. The van der Waals surface area contributed by atoms with Crippen LogP contribution in [0.5, 0.6) is 0 Å². The van der Waals surface area contributed by atoms with E-state index in [0.29, 0.717) is 23.7 Å². The number of nitrogens with zero attached hydrogens (tertiary/aromatic N) is 2. The van der Waals surface area contributed by atoms with Gasteiger partial charge in [0.25, 0.3) is 0 Å². The smallest absolute Gasteiger partial charge is 0.225 e. The highest BCUT2D eigenvalue weighted by Crippen LogP contribution is 2.56. The fraction of sp³-hybridized carbons (Fsp3) is 0.920. The highest BCUT2D eigenvalue weighted by atomic mass is 16.2. The molecule has 0 aromatic carbocycles. The fourth-order valence-corrected chi connectivity index (χ4v) is 7.64. The second-order valence-electron chi connectivity index (χ2n) is 10.8. The van der Waals surface area contributed by atoms with Crippen LogP contribution < -0.4 is 0 Å². The Balaban J connectivity index is 1.35. The van der Waals surface area contributed by atoms with Gasteiger partial charge in [0.1, 0.15) is 0 Å². The number of carbonyl (C=O) groups excluding carboxylic acids is 2. The Bertz CT molecular complexity index is 590. The zero-order chi connectivity index (χ0) is 20.5. The van der Waals surface area contributed by atoms with E-state index in [1.807, 2.05) is 14.1 Å². The van der Waals surface area contributed by atoms with Gasteiger partial charge in [0.2, 0.25) is 11.8 Å². The van der Waals surface area contributed by atoms with Crippen molar-refractivity contribution in [1.82, 2.24) is 9.80 Å². The highest BCUT2D eigenvalue weighted by Gasteiger charge is 2.50. The summed E-state index contributed by atoms with van der Waals surface area (Å²) in [6.07, 6.45) is 13.5. The van der Waals surface area contributed by atoms with E-state index in [2.05, 4.69) is 11.8 Å². The topological polar surface area (TPSA) is 40.6 Å². The van der Waals surface area contributed by atoms with E-state index < -0.39 is 0 Å². The lowest BCUT2D eigenvalue weighted by Crippen LogP contribution is -2.47. The molecule has 0 saturated heterocycles. The van der Waals surface area contributed by atoms with E-state index in [0.717, 1.165) is 62.9 Å². The van der Waals surface area contributed by atoms with Crippen LogP contribution in [0, 0.1) is 41.4 Å². The first-order valence-electron chi connectivity index (χ1n) is 12.5. The molecule has 4 aliphatic carbocycles. The zero-order valence-electron chi connectivity index (χ0n) is 18.9. The molecule has 0 aliphatic heterocycles. The summed E-state index contributed by atoms with van der Waals surface area (Å²) in [6.45, 7) is 3.92. The molecule has 4 saturated carbocycles. The van der Waals surface area contributed by atoms with E-state index in [4.69, 9.17) is 0 Å². The SMILES string of the molecule is CCN(CC1CCC(C(=O)N(C)C)CC1)C(=O)C1CCC2CCC3CCCC1C32. The van der Waals surface area contributed by atoms with Crippen molar-refractivity contribution in [2.75, 3.05) is 27.2 Å². The average Bonchev–Trinajstić information content (AvgIpc) is 3.16. The van der Waals surface area contributed by atoms with Gasteiger partial charge in [-0.15, -0.1) is 0 Å². The highest BCUT2D eigenvalue weighted by molar-refractivity contribution is 5.79. The average molecular weight is 403 g/mol. The molecule has 0 aromatic heterocycles. The lowest BCUT2D eigenvalue weighted by Gasteiger charge is -2.46. The fourth-order valence-electron chi connectivity index (χ4n) is 7.64. The van der Waals surface area contributed by atoms with E-state index in [-0.39, 0.29) is 11.8 Å². The maximum Gasteiger partial charge on any atom is 0.225 e. The monoisotopic (exact) mass is 402 g/mol. The first-order chi connectivity index (χ1) is 14.0. The summed E-state index contributed by atoms with van der Waals surface area (Å²) < 4.78 is 0. The third kappa shape index (κ3) is 4.23. The molecule has 4 fully saturated rings. The van der Waals surface area contributed by atoms with Gasteiger partial charge in [-0.2, -0.15) is 0 Å². The maximum atomic E-state index is 13.6. The molecule has 2 amide bonds. The van der Waals surface area contributed by atoms with Gasteiger partial charge < -0.3 is 9.80 Å². The summed E-state index contributed by atoms with van der Waals surface area (Å²) in [5.74, 6) is 5.20. The molecule has 0 radical (unpaired) electrons. The van der Waals surface area contributed by atoms with Crippen molar-refractivity contribution in [3.05, 3.63) is 0 Å². The Morgan fingerprint density at radius 1 is 0.793 bits per heavy atom. The molecule has 29 heavy (non-hydrogen) atoms. The summed E-state index contributed by atoms with van der Waals surface area (Å²) >= 11 is 0. The Morgan fingerprint density at radius 3 is 2.10 bits per heavy atom. The van der Waals surface area contributed by atoms with Crippen molar-refractivity contribution in [1.29, 1.82) is 0 Å². The summed E-state index contributed by atoms with van der Waals surface area (Å²) in [7, 11) is 3.72. The van der Waals surface area contributed by atoms with Gasteiger partial charge in [-0.3, -0.25) is 9.59 Å². The Kier molecular flexibility index (Phi) is 6.56. The van der Waals surface area contributed by atoms with Crippen LogP contribution in [0.2, 0.25) is 0 Å². The molecule has 4 rings (SSSR count). The molecule has 0 heterocycles. The largest absolute Gasteiger partial charge is 0.349 e.